The van der Waals surface area contributed by atoms with E-state index in [-0.39, 0.29) is 18.1 Å². The Hall–Kier alpha value is -2.71. The summed E-state index contributed by atoms with van der Waals surface area (Å²) in [6.07, 6.45) is 4.45. The molecule has 30 heavy (non-hydrogen) atoms. The molecule has 0 saturated carbocycles. The smallest absolute Gasteiger partial charge is 0.268 e. The molecule has 6 nitrogen and oxygen atoms in total. The summed E-state index contributed by atoms with van der Waals surface area (Å²) in [5.41, 5.74) is 6.84. The highest BCUT2D eigenvalue weighted by atomic mass is 79.9. The van der Waals surface area contributed by atoms with Crippen LogP contribution in [0.25, 0.3) is 0 Å². The molecule has 1 heterocycles. The average Bonchev–Trinajstić information content (AvgIpc) is 3.17. The van der Waals surface area contributed by atoms with Crippen LogP contribution in [0.15, 0.2) is 59.5 Å². The van der Waals surface area contributed by atoms with Gasteiger partial charge in [0.1, 0.15) is 23.9 Å². The second kappa shape index (κ2) is 10.4. The first-order valence-corrected chi connectivity index (χ1v) is 10.4. The number of nitrogens with two attached hydrogens (primary N) is 1. The maximum absolute atomic E-state index is 14.0. The zero-order valence-corrected chi connectivity index (χ0v) is 17.9. The maximum Gasteiger partial charge on any atom is 0.268 e. The van der Waals surface area contributed by atoms with Gasteiger partial charge in [-0.15, -0.1) is 0 Å². The molecule has 8 heteroatoms. The Morgan fingerprint density at radius 3 is 2.80 bits per heavy atom. The number of hydrogen-bond donors (Lipinski definition) is 2. The van der Waals surface area contributed by atoms with Gasteiger partial charge in [-0.05, 0) is 43.0 Å². The van der Waals surface area contributed by atoms with Crippen LogP contribution < -0.4 is 10.5 Å². The molecule has 1 atom stereocenters. The summed E-state index contributed by atoms with van der Waals surface area (Å²) >= 11 is 3.25. The third-order valence-corrected chi connectivity index (χ3v) is 5.15. The monoisotopic (exact) mass is 475 g/mol. The molecule has 0 aliphatic heterocycles. The molecular formula is C22H23BrFN3O3. The van der Waals surface area contributed by atoms with E-state index in [4.69, 9.17) is 10.5 Å². The minimum atomic E-state index is -0.595. The van der Waals surface area contributed by atoms with Gasteiger partial charge in [-0.1, -0.05) is 40.2 Å². The van der Waals surface area contributed by atoms with E-state index in [0.717, 1.165) is 12.0 Å². The molecule has 158 valence electrons. The molecule has 3 aromatic rings. The highest BCUT2D eigenvalue weighted by Crippen LogP contribution is 2.23. The van der Waals surface area contributed by atoms with Gasteiger partial charge in [-0.25, -0.2) is 9.37 Å². The van der Waals surface area contributed by atoms with Gasteiger partial charge >= 0.3 is 0 Å². The highest BCUT2D eigenvalue weighted by molar-refractivity contribution is 9.10. The van der Waals surface area contributed by atoms with Crippen LogP contribution >= 0.6 is 15.9 Å². The van der Waals surface area contributed by atoms with Crippen molar-refractivity contribution in [3.8, 4) is 5.75 Å². The standard InChI is InChI=1S/C22H23BrFN3O3/c23-17-9-8-16(19(24)10-17)13-30-21-7-2-1-4-15(21)5-3-6-18(28)11-27-12-20(22(25)29)26-14-27/h1-2,4,7-10,12,14,18,28H,3,5-6,11,13H2,(H2,25,29). The Morgan fingerprint density at radius 2 is 2.07 bits per heavy atom. The number of aliphatic hydroxyl groups excluding tert-OH is 1. The lowest BCUT2D eigenvalue weighted by Crippen LogP contribution is -2.15. The van der Waals surface area contributed by atoms with Gasteiger partial charge < -0.3 is 20.1 Å². The van der Waals surface area contributed by atoms with Crippen molar-refractivity contribution in [1.82, 2.24) is 9.55 Å². The molecule has 0 radical (unpaired) electrons. The van der Waals surface area contributed by atoms with E-state index in [9.17, 15) is 14.3 Å². The van der Waals surface area contributed by atoms with E-state index in [1.807, 2.05) is 24.3 Å². The average molecular weight is 476 g/mol. The third-order valence-electron chi connectivity index (χ3n) is 4.66. The Bertz CT molecular complexity index is 1010. The van der Waals surface area contributed by atoms with Gasteiger partial charge in [0.2, 0.25) is 0 Å². The molecular weight excluding hydrogens is 453 g/mol. The molecule has 1 unspecified atom stereocenters. The van der Waals surface area contributed by atoms with Gasteiger partial charge in [0.25, 0.3) is 5.91 Å². The van der Waals surface area contributed by atoms with E-state index in [1.165, 1.54) is 18.6 Å². The van der Waals surface area contributed by atoms with E-state index < -0.39 is 12.0 Å². The molecule has 0 bridgehead atoms. The van der Waals surface area contributed by atoms with Crippen LogP contribution in [0, 0.1) is 5.82 Å². The summed E-state index contributed by atoms with van der Waals surface area (Å²) < 4.78 is 22.2. The minimum Gasteiger partial charge on any atom is -0.489 e. The number of imidazole rings is 1. The van der Waals surface area contributed by atoms with E-state index in [0.29, 0.717) is 35.2 Å². The molecule has 3 rings (SSSR count). The van der Waals surface area contributed by atoms with Gasteiger partial charge in [0.15, 0.2) is 0 Å². The number of aliphatic hydroxyl groups is 1. The maximum atomic E-state index is 14.0. The molecule has 1 aromatic heterocycles. The van der Waals surface area contributed by atoms with Crippen molar-refractivity contribution in [3.05, 3.63) is 82.1 Å². The lowest BCUT2D eigenvalue weighted by Gasteiger charge is -2.14. The number of aryl methyl sites for hydroxylation is 1. The van der Waals surface area contributed by atoms with Crippen molar-refractivity contribution in [2.75, 3.05) is 0 Å². The Labute approximate surface area is 182 Å². The van der Waals surface area contributed by atoms with Crippen molar-refractivity contribution in [1.29, 1.82) is 0 Å². The third kappa shape index (κ3) is 6.14. The molecule has 0 spiro atoms. The van der Waals surface area contributed by atoms with Crippen LogP contribution in [0.5, 0.6) is 5.75 Å². The van der Waals surface area contributed by atoms with E-state index >= 15 is 0 Å². The normalized spacial score (nSPS) is 12.0. The second-order valence-electron chi connectivity index (χ2n) is 7.00. The highest BCUT2D eigenvalue weighted by Gasteiger charge is 2.11. The quantitative estimate of drug-likeness (QED) is 0.465. The first kappa shape index (κ1) is 22.0. The summed E-state index contributed by atoms with van der Waals surface area (Å²) in [5.74, 6) is -0.207. The summed E-state index contributed by atoms with van der Waals surface area (Å²) in [5, 5.41) is 10.3. The fourth-order valence-corrected chi connectivity index (χ4v) is 3.43. The van der Waals surface area contributed by atoms with E-state index in [1.54, 1.807) is 16.7 Å². The van der Waals surface area contributed by atoms with Gasteiger partial charge in [0.05, 0.1) is 12.4 Å². The molecule has 0 saturated heterocycles. The van der Waals surface area contributed by atoms with Gasteiger partial charge in [-0.3, -0.25) is 4.79 Å². The van der Waals surface area contributed by atoms with Crippen LogP contribution in [0.2, 0.25) is 0 Å². The summed E-state index contributed by atoms with van der Waals surface area (Å²) in [6, 6.07) is 12.5. The van der Waals surface area contributed by atoms with Crippen molar-refractivity contribution < 1.29 is 19.0 Å². The lowest BCUT2D eigenvalue weighted by molar-refractivity contribution is 0.0995. The van der Waals surface area contributed by atoms with Crippen molar-refractivity contribution >= 4 is 21.8 Å². The molecule has 0 aliphatic carbocycles. The van der Waals surface area contributed by atoms with E-state index in [2.05, 4.69) is 20.9 Å². The number of halogens is 2. The number of aromatic nitrogens is 2. The Kier molecular flexibility index (Phi) is 7.59. The number of para-hydroxylation sites is 1. The van der Waals surface area contributed by atoms with Gasteiger partial charge in [-0.2, -0.15) is 0 Å². The first-order valence-electron chi connectivity index (χ1n) is 9.56. The van der Waals surface area contributed by atoms with Gasteiger partial charge in [0, 0.05) is 22.8 Å². The Balaban J connectivity index is 1.51. The topological polar surface area (TPSA) is 90.4 Å². The zero-order valence-electron chi connectivity index (χ0n) is 16.3. The molecule has 2 aromatic carbocycles. The largest absolute Gasteiger partial charge is 0.489 e. The molecule has 0 aliphatic rings. The molecule has 3 N–H and O–H groups in total. The second-order valence-corrected chi connectivity index (χ2v) is 7.91. The van der Waals surface area contributed by atoms with Crippen LogP contribution in [-0.2, 0) is 19.6 Å². The SMILES string of the molecule is NC(=O)c1cn(CC(O)CCCc2ccccc2OCc2ccc(Br)cc2F)cn1. The van der Waals surface area contributed by atoms with Crippen molar-refractivity contribution in [3.63, 3.8) is 0 Å². The van der Waals surface area contributed by atoms with Crippen molar-refractivity contribution in [2.24, 2.45) is 5.73 Å². The Morgan fingerprint density at radius 1 is 1.27 bits per heavy atom. The zero-order chi connectivity index (χ0) is 21.5. The fourth-order valence-electron chi connectivity index (χ4n) is 3.10. The van der Waals surface area contributed by atoms with Crippen LogP contribution in [0.1, 0.15) is 34.5 Å². The van der Waals surface area contributed by atoms with Crippen LogP contribution in [0.3, 0.4) is 0 Å². The first-order chi connectivity index (χ1) is 14.4. The predicted molar refractivity (Wildman–Crippen MR) is 115 cm³/mol. The lowest BCUT2D eigenvalue weighted by atomic mass is 10.0. The number of primary amides is 1. The number of ether oxygens (including phenoxy) is 1. The number of carbonyl (C=O) groups is 1. The molecule has 1 amide bonds. The van der Waals surface area contributed by atoms with Crippen LogP contribution in [0.4, 0.5) is 4.39 Å². The summed E-state index contributed by atoms with van der Waals surface area (Å²) in [7, 11) is 0. The number of amides is 1. The molecule has 0 fully saturated rings. The van der Waals surface area contributed by atoms with Crippen LogP contribution in [-0.4, -0.2) is 26.7 Å². The fraction of sp³-hybridized carbons (Fsp3) is 0.273. The predicted octanol–water partition coefficient (Wildman–Crippen LogP) is 3.85. The number of hydrogen-bond acceptors (Lipinski definition) is 4. The number of benzene rings is 2. The number of rotatable bonds is 10. The number of nitrogens with zero attached hydrogens (tertiary/aromatic N) is 2. The summed E-state index contributed by atoms with van der Waals surface area (Å²) in [6.45, 7) is 0.475. The summed E-state index contributed by atoms with van der Waals surface area (Å²) in [4.78, 5) is 15.0. The number of carbonyl (C=O) groups excluding carboxylic acids is 1. The van der Waals surface area contributed by atoms with Crippen molar-refractivity contribution in [2.45, 2.75) is 38.5 Å². The minimum absolute atomic E-state index is 0.140.